The summed E-state index contributed by atoms with van der Waals surface area (Å²) >= 11 is 0. The van der Waals surface area contributed by atoms with Gasteiger partial charge in [0.05, 0.1) is 11.1 Å². The van der Waals surface area contributed by atoms with E-state index in [1.165, 1.54) is 30.3 Å². The number of pyridine rings is 1. The molecule has 2 aromatic heterocycles. The first kappa shape index (κ1) is 18.5. The number of aryl methyl sites for hydroxylation is 1. The molecule has 27 heavy (non-hydrogen) atoms. The van der Waals surface area contributed by atoms with E-state index in [-0.39, 0.29) is 10.8 Å². The van der Waals surface area contributed by atoms with E-state index >= 15 is 0 Å². The molecular formula is C18H17N5O3S. The highest BCUT2D eigenvalue weighted by molar-refractivity contribution is 7.89. The van der Waals surface area contributed by atoms with E-state index in [2.05, 4.69) is 15.4 Å². The van der Waals surface area contributed by atoms with Gasteiger partial charge in [-0.1, -0.05) is 0 Å². The van der Waals surface area contributed by atoms with Crippen LogP contribution < -0.4 is 10.5 Å². The summed E-state index contributed by atoms with van der Waals surface area (Å²) in [6.45, 7) is 0. The van der Waals surface area contributed by atoms with Gasteiger partial charge in [-0.25, -0.2) is 13.6 Å². The van der Waals surface area contributed by atoms with Gasteiger partial charge in [-0.15, -0.1) is 0 Å². The van der Waals surface area contributed by atoms with Crippen molar-refractivity contribution in [1.29, 1.82) is 0 Å². The summed E-state index contributed by atoms with van der Waals surface area (Å²) in [6, 6.07) is 7.44. The molecule has 9 heteroatoms. The van der Waals surface area contributed by atoms with E-state index in [1.54, 1.807) is 29.3 Å². The van der Waals surface area contributed by atoms with Crippen LogP contribution in [0.3, 0.4) is 0 Å². The van der Waals surface area contributed by atoms with Crippen molar-refractivity contribution in [2.24, 2.45) is 12.2 Å². The number of nitrogens with two attached hydrogens (primary N) is 1. The lowest BCUT2D eigenvalue weighted by atomic mass is 10.0. The van der Waals surface area contributed by atoms with Crippen LogP contribution in [-0.2, 0) is 21.9 Å². The number of amides is 1. The van der Waals surface area contributed by atoms with E-state index in [9.17, 15) is 13.2 Å². The molecule has 0 aliphatic carbocycles. The van der Waals surface area contributed by atoms with Crippen molar-refractivity contribution in [2.75, 3.05) is 5.32 Å². The highest BCUT2D eigenvalue weighted by Gasteiger charge is 2.08. The Morgan fingerprint density at radius 1 is 1.19 bits per heavy atom. The van der Waals surface area contributed by atoms with E-state index in [0.717, 1.165) is 16.7 Å². The van der Waals surface area contributed by atoms with Crippen molar-refractivity contribution < 1.29 is 13.2 Å². The molecule has 0 unspecified atom stereocenters. The number of hydrogen-bond acceptors (Lipinski definition) is 5. The molecule has 0 bridgehead atoms. The van der Waals surface area contributed by atoms with Crippen LogP contribution in [0, 0.1) is 0 Å². The van der Waals surface area contributed by atoms with Crippen LogP contribution in [0.2, 0.25) is 0 Å². The second-order valence-corrected chi connectivity index (χ2v) is 7.32. The molecule has 0 atom stereocenters. The number of hydrogen-bond donors (Lipinski definition) is 2. The van der Waals surface area contributed by atoms with E-state index < -0.39 is 10.0 Å². The number of carbonyl (C=O) groups is 1. The van der Waals surface area contributed by atoms with Crippen LogP contribution in [0.4, 0.5) is 5.69 Å². The maximum Gasteiger partial charge on any atom is 0.248 e. The highest BCUT2D eigenvalue weighted by atomic mass is 32.2. The third-order valence-corrected chi connectivity index (χ3v) is 4.66. The van der Waals surface area contributed by atoms with Crippen molar-refractivity contribution in [2.45, 2.75) is 4.90 Å². The zero-order valence-corrected chi connectivity index (χ0v) is 15.2. The Balaban J connectivity index is 1.74. The predicted octanol–water partition coefficient (Wildman–Crippen LogP) is 1.78. The lowest BCUT2D eigenvalue weighted by Gasteiger charge is -2.04. The summed E-state index contributed by atoms with van der Waals surface area (Å²) in [7, 11) is -1.94. The van der Waals surface area contributed by atoms with Gasteiger partial charge < -0.3 is 5.32 Å². The fourth-order valence-corrected chi connectivity index (χ4v) is 2.96. The molecule has 1 aromatic carbocycles. The molecule has 0 saturated heterocycles. The molecule has 0 spiro atoms. The Labute approximate surface area is 156 Å². The number of nitrogens with zero attached hydrogens (tertiary/aromatic N) is 3. The van der Waals surface area contributed by atoms with Gasteiger partial charge in [-0.3, -0.25) is 14.5 Å². The fraction of sp³-hybridized carbons (Fsp3) is 0.0556. The first-order valence-corrected chi connectivity index (χ1v) is 9.42. The van der Waals surface area contributed by atoms with Gasteiger partial charge in [-0.05, 0) is 42.0 Å². The lowest BCUT2D eigenvalue weighted by molar-refractivity contribution is -0.111. The fourth-order valence-electron chi connectivity index (χ4n) is 2.44. The summed E-state index contributed by atoms with van der Waals surface area (Å²) in [5, 5.41) is 11.9. The Kier molecular flexibility index (Phi) is 5.15. The Hall–Kier alpha value is -3.30. The zero-order chi connectivity index (χ0) is 19.4. The second kappa shape index (κ2) is 7.52. The number of carbonyl (C=O) groups excluding carboxylic acids is 1. The van der Waals surface area contributed by atoms with E-state index in [4.69, 9.17) is 5.14 Å². The van der Waals surface area contributed by atoms with Crippen molar-refractivity contribution >= 4 is 27.7 Å². The van der Waals surface area contributed by atoms with Crippen LogP contribution in [-0.4, -0.2) is 29.1 Å². The van der Waals surface area contributed by atoms with Gasteiger partial charge in [0.25, 0.3) is 0 Å². The van der Waals surface area contributed by atoms with Gasteiger partial charge in [0.1, 0.15) is 0 Å². The maximum atomic E-state index is 12.1. The number of nitrogens with one attached hydrogen (secondary N) is 1. The monoisotopic (exact) mass is 383 g/mol. The molecule has 0 saturated carbocycles. The normalized spacial score (nSPS) is 11.6. The molecule has 3 aromatic rings. The summed E-state index contributed by atoms with van der Waals surface area (Å²) in [5.74, 6) is -0.362. The molecule has 1 amide bonds. The number of benzene rings is 1. The number of primary sulfonamides is 1. The Morgan fingerprint density at radius 3 is 2.56 bits per heavy atom. The van der Waals surface area contributed by atoms with Gasteiger partial charge in [-0.2, -0.15) is 5.10 Å². The van der Waals surface area contributed by atoms with Crippen LogP contribution in [0.25, 0.3) is 17.2 Å². The molecule has 0 fully saturated rings. The second-order valence-electron chi connectivity index (χ2n) is 5.76. The molecule has 0 radical (unpaired) electrons. The molecule has 8 nitrogen and oxygen atoms in total. The van der Waals surface area contributed by atoms with Crippen LogP contribution in [0.5, 0.6) is 0 Å². The molecular weight excluding hydrogens is 366 g/mol. The molecule has 0 aliphatic rings. The average Bonchev–Trinajstić information content (AvgIpc) is 3.06. The third kappa shape index (κ3) is 4.66. The van der Waals surface area contributed by atoms with E-state index in [1.807, 2.05) is 19.3 Å². The first-order chi connectivity index (χ1) is 12.8. The molecule has 3 N–H and O–H groups in total. The number of anilines is 1. The van der Waals surface area contributed by atoms with Gasteiger partial charge in [0.15, 0.2) is 0 Å². The van der Waals surface area contributed by atoms with Crippen molar-refractivity contribution in [3.8, 4) is 11.1 Å². The summed E-state index contributed by atoms with van der Waals surface area (Å²) < 4.78 is 24.2. The molecule has 2 heterocycles. The minimum atomic E-state index is -3.76. The van der Waals surface area contributed by atoms with Gasteiger partial charge >= 0.3 is 0 Å². The molecule has 138 valence electrons. The summed E-state index contributed by atoms with van der Waals surface area (Å²) in [4.78, 5) is 16.2. The van der Waals surface area contributed by atoms with E-state index in [0.29, 0.717) is 5.69 Å². The minimum Gasteiger partial charge on any atom is -0.323 e. The molecule has 3 rings (SSSR count). The van der Waals surface area contributed by atoms with Crippen LogP contribution in [0.1, 0.15) is 5.56 Å². The maximum absolute atomic E-state index is 12.1. The minimum absolute atomic E-state index is 0.0208. The standard InChI is InChI=1S/C18H17N5O3S/c1-23-12-14(11-21-23)17-8-9-20-10-13(17)2-7-18(24)22-15-3-5-16(6-4-15)27(19,25)26/h2-12H,1H3,(H,22,24)(H2,19,25,26). The zero-order valence-electron chi connectivity index (χ0n) is 14.4. The van der Waals surface area contributed by atoms with Crippen molar-refractivity contribution in [1.82, 2.24) is 14.8 Å². The molecule has 0 aliphatic heterocycles. The topological polar surface area (TPSA) is 120 Å². The quantitative estimate of drug-likeness (QED) is 0.651. The number of aromatic nitrogens is 3. The SMILES string of the molecule is Cn1cc(-c2ccncc2C=CC(=O)Nc2ccc(S(N)(=O)=O)cc2)cn1. The largest absolute Gasteiger partial charge is 0.323 e. The smallest absolute Gasteiger partial charge is 0.248 e. The van der Waals surface area contributed by atoms with Crippen molar-refractivity contribution in [3.05, 3.63) is 66.8 Å². The van der Waals surface area contributed by atoms with Gasteiger partial charge in [0.2, 0.25) is 15.9 Å². The van der Waals surface area contributed by atoms with Gasteiger partial charge in [0, 0.05) is 48.5 Å². The van der Waals surface area contributed by atoms with Crippen molar-refractivity contribution in [3.63, 3.8) is 0 Å². The summed E-state index contributed by atoms with van der Waals surface area (Å²) in [6.07, 6.45) is 9.98. The first-order valence-electron chi connectivity index (χ1n) is 7.88. The van der Waals surface area contributed by atoms with Crippen LogP contribution in [0.15, 0.2) is 66.1 Å². The average molecular weight is 383 g/mol. The summed E-state index contributed by atoms with van der Waals surface area (Å²) in [5.41, 5.74) is 3.04. The Morgan fingerprint density at radius 2 is 1.93 bits per heavy atom. The highest BCUT2D eigenvalue weighted by Crippen LogP contribution is 2.23. The van der Waals surface area contributed by atoms with Crippen LogP contribution >= 0.6 is 0 Å². The predicted molar refractivity (Wildman–Crippen MR) is 102 cm³/mol. The number of sulfonamides is 1. The number of rotatable bonds is 5. The Bertz CT molecular complexity index is 1100. The third-order valence-electron chi connectivity index (χ3n) is 3.73. The lowest BCUT2D eigenvalue weighted by Crippen LogP contribution is -2.12.